The highest BCUT2D eigenvalue weighted by atomic mass is 19.1. The monoisotopic (exact) mass is 404 g/mol. The van der Waals surface area contributed by atoms with Crippen molar-refractivity contribution in [2.45, 2.75) is 25.4 Å². The molecule has 2 fully saturated rings. The zero-order chi connectivity index (χ0) is 21.0. The molecule has 5 rings (SSSR count). The van der Waals surface area contributed by atoms with Gasteiger partial charge < -0.3 is 4.90 Å². The van der Waals surface area contributed by atoms with Gasteiger partial charge in [-0.05, 0) is 47.9 Å². The number of fused-ring (bicyclic) bond motifs is 5. The van der Waals surface area contributed by atoms with Crippen LogP contribution in [0, 0.1) is 17.7 Å². The smallest absolute Gasteiger partial charge is 0.235 e. The largest absolute Gasteiger partial charge is 0.358 e. The van der Waals surface area contributed by atoms with Gasteiger partial charge in [-0.1, -0.05) is 31.2 Å². The Labute approximate surface area is 173 Å². The van der Waals surface area contributed by atoms with Crippen molar-refractivity contribution in [1.82, 2.24) is 9.80 Å². The van der Waals surface area contributed by atoms with Crippen molar-refractivity contribution in [3.8, 4) is 0 Å². The van der Waals surface area contributed by atoms with Gasteiger partial charge in [0.2, 0.25) is 11.8 Å². The first-order valence-electron chi connectivity index (χ1n) is 10.2. The highest BCUT2D eigenvalue weighted by Gasteiger charge is 2.64. The maximum atomic E-state index is 13.5. The molecular formula is C24H21FN2O3. The summed E-state index contributed by atoms with van der Waals surface area (Å²) in [6, 6.07) is 11.9. The van der Waals surface area contributed by atoms with E-state index in [1.165, 1.54) is 29.2 Å². The molecule has 2 aromatic carbocycles. The van der Waals surface area contributed by atoms with E-state index in [-0.39, 0.29) is 23.6 Å². The lowest BCUT2D eigenvalue weighted by atomic mass is 9.83. The molecule has 0 N–H and O–H groups in total. The third-order valence-corrected chi connectivity index (χ3v) is 6.40. The number of carbonyl (C=O) groups is 3. The Morgan fingerprint density at radius 1 is 1.00 bits per heavy atom. The van der Waals surface area contributed by atoms with Crippen molar-refractivity contribution in [3.63, 3.8) is 0 Å². The molecule has 152 valence electrons. The summed E-state index contributed by atoms with van der Waals surface area (Å²) in [5, 5.41) is 0. The van der Waals surface area contributed by atoms with Gasteiger partial charge in [0, 0.05) is 18.3 Å². The number of benzene rings is 2. The number of nitrogens with zero attached hydrogens (tertiary/aromatic N) is 2. The van der Waals surface area contributed by atoms with Crippen molar-refractivity contribution in [2.24, 2.45) is 11.8 Å². The average molecular weight is 404 g/mol. The highest BCUT2D eigenvalue weighted by molar-refractivity contribution is 6.12. The molecule has 4 atom stereocenters. The van der Waals surface area contributed by atoms with Gasteiger partial charge in [0.1, 0.15) is 11.9 Å². The Morgan fingerprint density at radius 2 is 1.70 bits per heavy atom. The predicted octanol–water partition coefficient (Wildman–Crippen LogP) is 3.43. The maximum absolute atomic E-state index is 13.5. The molecule has 3 aliphatic rings. The van der Waals surface area contributed by atoms with E-state index in [1.807, 2.05) is 48.4 Å². The van der Waals surface area contributed by atoms with E-state index >= 15 is 0 Å². The Kier molecular flexibility index (Phi) is 4.31. The molecule has 30 heavy (non-hydrogen) atoms. The molecule has 3 aliphatic heterocycles. The van der Waals surface area contributed by atoms with Crippen LogP contribution in [0.25, 0.3) is 6.08 Å². The molecule has 6 heteroatoms. The maximum Gasteiger partial charge on any atom is 0.235 e. The molecule has 0 spiro atoms. The Balaban J connectivity index is 1.64. The van der Waals surface area contributed by atoms with Crippen molar-refractivity contribution < 1.29 is 18.8 Å². The lowest BCUT2D eigenvalue weighted by Crippen LogP contribution is -2.44. The molecule has 2 aromatic rings. The van der Waals surface area contributed by atoms with Crippen LogP contribution in [0.15, 0.2) is 54.7 Å². The lowest BCUT2D eigenvalue weighted by Gasteiger charge is -2.35. The topological polar surface area (TPSA) is 57.7 Å². The number of halogens is 1. The standard InChI is InChI=1S/C24H21FN2O3/c1-2-12-27-23(29)18-19(24(27)30)21(22(28)15-7-9-16(25)10-8-15)26-13-11-14-5-3-4-6-17(14)20(18)26/h3-11,13,18-21H,2,12H2,1H3. The van der Waals surface area contributed by atoms with Crippen molar-refractivity contribution in [1.29, 1.82) is 0 Å². The van der Waals surface area contributed by atoms with E-state index in [2.05, 4.69) is 0 Å². The number of ketones is 1. The molecule has 0 bridgehead atoms. The molecule has 2 amide bonds. The van der Waals surface area contributed by atoms with Gasteiger partial charge in [-0.15, -0.1) is 0 Å². The van der Waals surface area contributed by atoms with E-state index in [9.17, 15) is 18.8 Å². The zero-order valence-corrected chi connectivity index (χ0v) is 16.5. The first-order valence-corrected chi connectivity index (χ1v) is 10.2. The summed E-state index contributed by atoms with van der Waals surface area (Å²) in [7, 11) is 0. The number of rotatable bonds is 4. The van der Waals surface area contributed by atoms with Gasteiger partial charge in [-0.3, -0.25) is 19.3 Å². The highest BCUT2D eigenvalue weighted by Crippen LogP contribution is 2.53. The van der Waals surface area contributed by atoms with E-state index in [0.29, 0.717) is 18.5 Å². The van der Waals surface area contributed by atoms with E-state index in [1.54, 1.807) is 0 Å². The molecule has 2 saturated heterocycles. The molecule has 0 aliphatic carbocycles. The van der Waals surface area contributed by atoms with Crippen molar-refractivity contribution in [2.75, 3.05) is 6.54 Å². The third kappa shape index (κ3) is 2.56. The Morgan fingerprint density at radius 3 is 2.43 bits per heavy atom. The van der Waals surface area contributed by atoms with Gasteiger partial charge in [0.15, 0.2) is 5.78 Å². The van der Waals surface area contributed by atoms with Crippen LogP contribution >= 0.6 is 0 Å². The Bertz CT molecular complexity index is 1080. The van der Waals surface area contributed by atoms with Crippen molar-refractivity contribution in [3.05, 3.63) is 77.2 Å². The zero-order valence-electron chi connectivity index (χ0n) is 16.5. The fourth-order valence-corrected chi connectivity index (χ4v) is 5.15. The minimum Gasteiger partial charge on any atom is -0.358 e. The van der Waals surface area contributed by atoms with Gasteiger partial charge in [0.25, 0.3) is 0 Å². The normalized spacial score (nSPS) is 26.6. The molecule has 0 saturated carbocycles. The fraction of sp³-hybridized carbons (Fsp3) is 0.292. The summed E-state index contributed by atoms with van der Waals surface area (Å²) in [5.74, 6) is -2.54. The third-order valence-electron chi connectivity index (χ3n) is 6.40. The van der Waals surface area contributed by atoms with E-state index in [4.69, 9.17) is 0 Å². The van der Waals surface area contributed by atoms with Crippen molar-refractivity contribution >= 4 is 23.7 Å². The average Bonchev–Trinajstić information content (AvgIpc) is 3.22. The number of amides is 2. The minimum atomic E-state index is -0.798. The van der Waals surface area contributed by atoms with Crippen LogP contribution in [0.1, 0.15) is 40.9 Å². The first kappa shape index (κ1) is 18.7. The van der Waals surface area contributed by atoms with E-state index < -0.39 is 23.7 Å². The quantitative estimate of drug-likeness (QED) is 0.579. The molecule has 0 radical (unpaired) electrons. The van der Waals surface area contributed by atoms with Gasteiger partial charge in [-0.2, -0.15) is 0 Å². The number of likely N-dealkylation sites (tertiary alicyclic amines) is 1. The second-order valence-corrected chi connectivity index (χ2v) is 8.03. The van der Waals surface area contributed by atoms with Crippen LogP contribution in [0.4, 0.5) is 4.39 Å². The van der Waals surface area contributed by atoms with Crippen LogP contribution in [0.2, 0.25) is 0 Å². The van der Waals surface area contributed by atoms with Crippen LogP contribution in [-0.2, 0) is 9.59 Å². The minimum absolute atomic E-state index is 0.207. The van der Waals surface area contributed by atoms with Crippen LogP contribution in [-0.4, -0.2) is 40.0 Å². The molecular weight excluding hydrogens is 383 g/mol. The van der Waals surface area contributed by atoms with Gasteiger partial charge >= 0.3 is 0 Å². The molecule has 3 heterocycles. The SMILES string of the molecule is CCCN1C(=O)C2C(C1=O)C1c3ccccc3C=CN1C2C(=O)c1ccc(F)cc1. The Hall–Kier alpha value is -3.28. The number of hydrogen-bond acceptors (Lipinski definition) is 4. The number of imide groups is 1. The van der Waals surface area contributed by atoms with Crippen LogP contribution < -0.4 is 0 Å². The van der Waals surface area contributed by atoms with Gasteiger partial charge in [-0.25, -0.2) is 4.39 Å². The molecule has 0 aromatic heterocycles. The fourth-order valence-electron chi connectivity index (χ4n) is 5.15. The summed E-state index contributed by atoms with van der Waals surface area (Å²) in [4.78, 5) is 43.3. The lowest BCUT2D eigenvalue weighted by molar-refractivity contribution is -0.141. The predicted molar refractivity (Wildman–Crippen MR) is 109 cm³/mol. The number of carbonyl (C=O) groups excluding carboxylic acids is 3. The summed E-state index contributed by atoms with van der Waals surface area (Å²) in [5.41, 5.74) is 2.27. The second kappa shape index (κ2) is 6.90. The van der Waals surface area contributed by atoms with Gasteiger partial charge in [0.05, 0.1) is 17.9 Å². The summed E-state index contributed by atoms with van der Waals surface area (Å²) >= 11 is 0. The summed E-state index contributed by atoms with van der Waals surface area (Å²) in [6.45, 7) is 2.27. The first-order chi connectivity index (χ1) is 14.5. The van der Waals surface area contributed by atoms with Crippen LogP contribution in [0.5, 0.6) is 0 Å². The second-order valence-electron chi connectivity index (χ2n) is 8.03. The number of hydrogen-bond donors (Lipinski definition) is 0. The summed E-state index contributed by atoms with van der Waals surface area (Å²) in [6.07, 6.45) is 4.40. The van der Waals surface area contributed by atoms with E-state index in [0.717, 1.165) is 11.1 Å². The van der Waals surface area contributed by atoms with Crippen LogP contribution in [0.3, 0.4) is 0 Å². The summed E-state index contributed by atoms with van der Waals surface area (Å²) < 4.78 is 13.4. The molecule has 5 nitrogen and oxygen atoms in total. The molecule has 4 unspecified atom stereocenters. The number of Topliss-reactive ketones (excluding diaryl/α,β-unsaturated/α-hetero) is 1.